The van der Waals surface area contributed by atoms with E-state index in [0.29, 0.717) is 5.69 Å². The first kappa shape index (κ1) is 11.9. The average Bonchev–Trinajstić information content (AvgIpc) is 2.80. The van der Waals surface area contributed by atoms with E-state index < -0.39 is 9.38 Å². The van der Waals surface area contributed by atoms with Crippen molar-refractivity contribution in [2.24, 2.45) is 0 Å². The highest BCUT2D eigenvalue weighted by Gasteiger charge is 2.46. The highest BCUT2D eigenvalue weighted by Crippen LogP contribution is 2.34. The predicted octanol–water partition coefficient (Wildman–Crippen LogP) is 3.21. The molecule has 5 nitrogen and oxygen atoms in total. The van der Waals surface area contributed by atoms with Gasteiger partial charge in [0.25, 0.3) is 0 Å². The monoisotopic (exact) mass is 272 g/mol. The Balaban J connectivity index is 2.38. The molecule has 0 radical (unpaired) electrons. The SMILES string of the molecule is O=[N+]([O-])C(Cl)(Cl)c1nc(-c2ccccc2)co1. The lowest BCUT2D eigenvalue weighted by Gasteiger charge is -2.04. The van der Waals surface area contributed by atoms with E-state index >= 15 is 0 Å². The Kier molecular flexibility index (Phi) is 3.04. The summed E-state index contributed by atoms with van der Waals surface area (Å²) in [6, 6.07) is 9.04. The maximum atomic E-state index is 10.6. The minimum absolute atomic E-state index is 0.357. The van der Waals surface area contributed by atoms with E-state index in [2.05, 4.69) is 4.98 Å². The first-order valence-electron chi connectivity index (χ1n) is 4.55. The Morgan fingerprint density at radius 1 is 1.29 bits per heavy atom. The molecule has 1 heterocycles. The van der Waals surface area contributed by atoms with Gasteiger partial charge in [-0.05, 0) is 23.2 Å². The van der Waals surface area contributed by atoms with Gasteiger partial charge in [-0.15, -0.1) is 0 Å². The van der Waals surface area contributed by atoms with E-state index in [1.54, 1.807) is 12.1 Å². The molecule has 0 unspecified atom stereocenters. The lowest BCUT2D eigenvalue weighted by molar-refractivity contribution is -0.526. The normalized spacial score (nSPS) is 11.4. The molecule has 7 heteroatoms. The summed E-state index contributed by atoms with van der Waals surface area (Å²) in [7, 11) is 0. The van der Waals surface area contributed by atoms with Gasteiger partial charge in [0, 0.05) is 5.56 Å². The number of aromatic nitrogens is 1. The van der Waals surface area contributed by atoms with Crippen LogP contribution in [0.2, 0.25) is 0 Å². The fraction of sp³-hybridized carbons (Fsp3) is 0.100. The summed E-state index contributed by atoms with van der Waals surface area (Å²) in [6.07, 6.45) is 1.27. The molecule has 1 aromatic carbocycles. The van der Waals surface area contributed by atoms with Crippen LogP contribution in [-0.4, -0.2) is 9.91 Å². The first-order valence-corrected chi connectivity index (χ1v) is 5.31. The summed E-state index contributed by atoms with van der Waals surface area (Å²) in [5.74, 6) is -0.357. The average molecular weight is 273 g/mol. The number of nitrogens with zero attached hydrogens (tertiary/aromatic N) is 2. The fourth-order valence-electron chi connectivity index (χ4n) is 1.23. The first-order chi connectivity index (χ1) is 8.01. The highest BCUT2D eigenvalue weighted by atomic mass is 35.5. The summed E-state index contributed by atoms with van der Waals surface area (Å²) in [5.41, 5.74) is 1.20. The second-order valence-electron chi connectivity index (χ2n) is 3.20. The molecule has 0 saturated carbocycles. The van der Waals surface area contributed by atoms with E-state index in [0.717, 1.165) is 5.56 Å². The molecule has 17 heavy (non-hydrogen) atoms. The molecule has 0 bridgehead atoms. The third-order valence-corrected chi connectivity index (χ3v) is 2.66. The van der Waals surface area contributed by atoms with Crippen LogP contribution in [0.15, 0.2) is 41.0 Å². The standard InChI is InChI=1S/C10H6Cl2N2O3/c11-10(12,14(15)16)9-13-8(6-17-9)7-4-2-1-3-5-7/h1-6H. The van der Waals surface area contributed by atoms with Crippen molar-refractivity contribution in [3.05, 3.63) is 52.6 Å². The number of hydrogen-bond acceptors (Lipinski definition) is 4. The van der Waals surface area contributed by atoms with Crippen LogP contribution in [0.4, 0.5) is 0 Å². The number of benzene rings is 1. The maximum absolute atomic E-state index is 10.6. The Hall–Kier alpha value is -1.59. The van der Waals surface area contributed by atoms with Gasteiger partial charge in [-0.1, -0.05) is 30.3 Å². The van der Waals surface area contributed by atoms with Gasteiger partial charge in [0.15, 0.2) is 0 Å². The number of rotatable bonds is 3. The van der Waals surface area contributed by atoms with E-state index in [9.17, 15) is 10.1 Å². The van der Waals surface area contributed by atoms with Gasteiger partial charge in [-0.3, -0.25) is 10.1 Å². The Morgan fingerprint density at radius 3 is 2.53 bits per heavy atom. The van der Waals surface area contributed by atoms with Crippen LogP contribution >= 0.6 is 23.2 Å². The Labute approximate surface area is 106 Å². The quantitative estimate of drug-likeness (QED) is 0.372. The minimum atomic E-state index is -2.37. The largest absolute Gasteiger partial charge is 0.446 e. The van der Waals surface area contributed by atoms with Gasteiger partial charge in [-0.2, -0.15) is 0 Å². The molecule has 0 aliphatic heterocycles. The molecule has 0 aliphatic rings. The molecule has 0 aliphatic carbocycles. The van der Waals surface area contributed by atoms with Gasteiger partial charge >= 0.3 is 10.3 Å². The third-order valence-electron chi connectivity index (χ3n) is 2.06. The lowest BCUT2D eigenvalue weighted by Crippen LogP contribution is -2.22. The summed E-state index contributed by atoms with van der Waals surface area (Å²) in [6.45, 7) is 0. The minimum Gasteiger partial charge on any atom is -0.440 e. The van der Waals surface area contributed by atoms with Crippen molar-refractivity contribution in [2.45, 2.75) is 4.46 Å². The Bertz CT molecular complexity index is 539. The number of alkyl halides is 2. The molecule has 1 aromatic heterocycles. The Morgan fingerprint density at radius 2 is 1.94 bits per heavy atom. The summed E-state index contributed by atoms with van der Waals surface area (Å²) in [4.78, 5) is 13.6. The van der Waals surface area contributed by atoms with Crippen LogP contribution in [0.25, 0.3) is 11.3 Å². The van der Waals surface area contributed by atoms with Crippen molar-refractivity contribution in [1.29, 1.82) is 0 Å². The van der Waals surface area contributed by atoms with Gasteiger partial charge in [0.05, 0.1) is 4.92 Å². The summed E-state index contributed by atoms with van der Waals surface area (Å²) in [5, 5.41) is 10.6. The van der Waals surface area contributed by atoms with E-state index in [1.807, 2.05) is 18.2 Å². The zero-order valence-corrected chi connectivity index (χ0v) is 9.85. The molecule has 0 amide bonds. The molecule has 0 fully saturated rings. The zero-order valence-electron chi connectivity index (χ0n) is 8.34. The summed E-state index contributed by atoms with van der Waals surface area (Å²) < 4.78 is 2.56. The van der Waals surface area contributed by atoms with Crippen molar-refractivity contribution < 1.29 is 9.34 Å². The van der Waals surface area contributed by atoms with Gasteiger partial charge < -0.3 is 4.42 Å². The van der Waals surface area contributed by atoms with Crippen molar-refractivity contribution >= 4 is 23.2 Å². The lowest BCUT2D eigenvalue weighted by atomic mass is 10.2. The molecule has 2 aromatic rings. The third kappa shape index (κ3) is 2.25. The van der Waals surface area contributed by atoms with Crippen LogP contribution in [0, 0.1) is 10.1 Å². The maximum Gasteiger partial charge on any atom is 0.446 e. The topological polar surface area (TPSA) is 69.2 Å². The molecule has 88 valence electrons. The molecule has 0 saturated heterocycles. The van der Waals surface area contributed by atoms with Gasteiger partial charge in [0.1, 0.15) is 12.0 Å². The number of hydrogen-bond donors (Lipinski definition) is 0. The van der Waals surface area contributed by atoms with E-state index in [4.69, 9.17) is 27.6 Å². The second kappa shape index (κ2) is 4.35. The molecular weight excluding hydrogens is 267 g/mol. The van der Waals surface area contributed by atoms with Crippen LogP contribution < -0.4 is 0 Å². The van der Waals surface area contributed by atoms with E-state index in [1.165, 1.54) is 6.26 Å². The second-order valence-corrected chi connectivity index (χ2v) is 4.49. The predicted molar refractivity (Wildman–Crippen MR) is 62.3 cm³/mol. The zero-order chi connectivity index (χ0) is 12.5. The molecule has 2 rings (SSSR count). The van der Waals surface area contributed by atoms with Crippen molar-refractivity contribution in [2.75, 3.05) is 0 Å². The van der Waals surface area contributed by atoms with Crippen LogP contribution in [0.1, 0.15) is 5.89 Å². The summed E-state index contributed by atoms with van der Waals surface area (Å²) >= 11 is 11.0. The molecule has 0 spiro atoms. The smallest absolute Gasteiger partial charge is 0.440 e. The van der Waals surface area contributed by atoms with Crippen molar-refractivity contribution in [3.8, 4) is 11.3 Å². The van der Waals surface area contributed by atoms with Gasteiger partial charge in [-0.25, -0.2) is 4.98 Å². The fourth-order valence-corrected chi connectivity index (χ4v) is 1.41. The van der Waals surface area contributed by atoms with Crippen LogP contribution in [0.5, 0.6) is 0 Å². The molecular formula is C10H6Cl2N2O3. The van der Waals surface area contributed by atoms with Crippen LogP contribution in [0.3, 0.4) is 0 Å². The number of nitro groups is 1. The van der Waals surface area contributed by atoms with Crippen LogP contribution in [-0.2, 0) is 4.46 Å². The van der Waals surface area contributed by atoms with Crippen molar-refractivity contribution in [3.63, 3.8) is 0 Å². The molecule has 0 N–H and O–H groups in total. The highest BCUT2D eigenvalue weighted by molar-refractivity contribution is 6.46. The van der Waals surface area contributed by atoms with Gasteiger partial charge in [0.2, 0.25) is 0 Å². The van der Waals surface area contributed by atoms with Crippen molar-refractivity contribution in [1.82, 2.24) is 4.98 Å². The van der Waals surface area contributed by atoms with E-state index in [-0.39, 0.29) is 5.89 Å². The number of halogens is 2. The number of oxazole rings is 1. The molecule has 0 atom stereocenters.